The van der Waals surface area contributed by atoms with Crippen LogP contribution in [0.25, 0.3) is 0 Å². The summed E-state index contributed by atoms with van der Waals surface area (Å²) in [6.07, 6.45) is 0. The molecule has 0 saturated heterocycles. The van der Waals surface area contributed by atoms with Crippen molar-refractivity contribution >= 4 is 0 Å². The Hall–Kier alpha value is 1.56. The normalized spacial score (nSPS) is 0.800. The molecule has 0 fully saturated rings. The molecule has 0 aromatic heterocycles. The van der Waals surface area contributed by atoms with Crippen molar-refractivity contribution in [1.29, 1.82) is 0 Å². The second-order valence-electron chi connectivity index (χ2n) is 0. The Morgan fingerprint density at radius 3 is 1.00 bits per heavy atom. The topological polar surface area (TPSA) is 42.7 Å². The van der Waals surface area contributed by atoms with Gasteiger partial charge in [0.2, 0.25) is 0 Å². The molecule has 0 rings (SSSR count). The molecule has 28 valence electrons. The first-order valence-corrected chi connectivity index (χ1v) is 0.236. The Bertz CT molecular complexity index is 9.61. The van der Waals surface area contributed by atoms with E-state index in [-0.39, 0.29) is 63.5 Å². The zero-order valence-electron chi connectivity index (χ0n) is 2.74. The smallest absolute Gasteiger partial charge is 1.00 e. The van der Waals surface area contributed by atoms with Crippen LogP contribution >= 0.6 is 0 Å². The molecule has 0 aliphatic heterocycles. The molecule has 0 radical (unpaired) electrons. The molecule has 0 spiro atoms. The Kier molecular flexibility index (Phi) is 294. The zero-order valence-corrected chi connectivity index (χ0v) is 7.91. The molecule has 0 aromatic carbocycles. The van der Waals surface area contributed by atoms with Gasteiger partial charge in [-0.15, -0.1) is 0 Å². The van der Waals surface area contributed by atoms with Gasteiger partial charge in [-0.1, -0.05) is 0 Å². The van der Waals surface area contributed by atoms with Gasteiger partial charge in [-0.25, -0.2) is 0 Å². The Morgan fingerprint density at radius 2 is 1.00 bits per heavy atom. The first-order chi connectivity index (χ1) is 1.00. The molecule has 0 aliphatic rings. The minimum atomic E-state index is 0. The molecule has 0 atom stereocenters. The predicted molar refractivity (Wildman–Crippen MR) is 5.29 cm³/mol. The van der Waals surface area contributed by atoms with Gasteiger partial charge in [-0.05, 0) is 5.59 Å². The second kappa shape index (κ2) is 47.5. The average Bonchev–Trinajstić information content (AvgIpc) is 1.00. The van der Waals surface area contributed by atoms with Crippen LogP contribution in [0.1, 0.15) is 0 Å². The quantitative estimate of drug-likeness (QED) is 0.400. The van der Waals surface area contributed by atoms with Gasteiger partial charge in [0.1, 0.15) is 0 Å². The summed E-state index contributed by atoms with van der Waals surface area (Å²) in [6, 6.07) is 0. The van der Waals surface area contributed by atoms with Gasteiger partial charge in [0, 0.05) is 4.91 Å². The third-order valence-electron chi connectivity index (χ3n) is 0. The van der Waals surface area contributed by atoms with Crippen LogP contribution in [0.4, 0.5) is 0 Å². The minimum absolute atomic E-state index is 0. The third kappa shape index (κ3) is 29.0. The van der Waals surface area contributed by atoms with Gasteiger partial charge in [0.15, 0.2) is 0 Å². The van der Waals surface area contributed by atoms with E-state index in [0.29, 0.717) is 0 Å². The van der Waals surface area contributed by atoms with E-state index < -0.39 is 0 Å². The molecule has 0 aliphatic carbocycles. The van der Waals surface area contributed by atoms with Gasteiger partial charge in [0.05, 0.1) is 0 Å². The Labute approximate surface area is 73.3 Å². The maximum absolute atomic E-state index is 7.75. The van der Waals surface area contributed by atoms with Crippen LogP contribution in [0.15, 0.2) is 0 Å². The number of rotatable bonds is 0. The maximum Gasteiger partial charge on any atom is 1.00 e. The predicted octanol–water partition coefficient (Wildman–Crippen LogP) is -10.5. The zero-order chi connectivity index (χ0) is 2.00. The van der Waals surface area contributed by atoms with Crippen molar-refractivity contribution in [2.75, 3.05) is 0 Å². The van der Waals surface area contributed by atoms with Crippen molar-refractivity contribution in [3.05, 3.63) is 4.91 Å². The minimum Gasteiger partial charge on any atom is -1.00 e. The number of halogens is 2. The fourth-order valence-electron chi connectivity index (χ4n) is 0. The van der Waals surface area contributed by atoms with E-state index in [4.69, 9.17) is 4.91 Å². The van der Waals surface area contributed by atoms with Gasteiger partial charge >= 0.3 is 29.6 Å². The second-order valence-corrected chi connectivity index (χ2v) is 0. The number of hydrogen-bond donors (Lipinski definition) is 1. The largest absolute Gasteiger partial charge is 1.00 e. The first-order valence-electron chi connectivity index (χ1n) is 0.236. The molecule has 5 heavy (non-hydrogen) atoms. The molecular formula is H2Br2NNaO. The van der Waals surface area contributed by atoms with Crippen LogP contribution in [-0.4, -0.2) is 0 Å². The summed E-state index contributed by atoms with van der Waals surface area (Å²) in [6.45, 7) is 0. The van der Waals surface area contributed by atoms with E-state index in [1.54, 1.807) is 0 Å². The van der Waals surface area contributed by atoms with Gasteiger partial charge in [-0.3, -0.25) is 0 Å². The molecule has 2 nitrogen and oxygen atoms in total. The van der Waals surface area contributed by atoms with Gasteiger partial charge in [-0.2, -0.15) is 0 Å². The van der Waals surface area contributed by atoms with E-state index in [1.165, 1.54) is 0 Å². The maximum atomic E-state index is 7.75. The summed E-state index contributed by atoms with van der Waals surface area (Å²) in [5.74, 6) is 0. The number of nitroso groups, excluding NO2 is 1. The van der Waals surface area contributed by atoms with Crippen LogP contribution in [0.3, 0.4) is 0 Å². The van der Waals surface area contributed by atoms with Crippen LogP contribution in [0.2, 0.25) is 0 Å². The standard InChI is InChI=1S/2BrH.H2NO.Na/c;;1-2;/h2*1H;1H2;/q;;2*+1/p-2. The fraction of sp³-hybridized carbons (Fsp3) is 0. The van der Waals surface area contributed by atoms with Crippen molar-refractivity contribution in [2.24, 2.45) is 0 Å². The molecule has 0 saturated carbocycles. The van der Waals surface area contributed by atoms with Gasteiger partial charge in [0.25, 0.3) is 0 Å². The average molecular weight is 215 g/mol. The molecule has 0 aromatic rings. The third-order valence-corrected chi connectivity index (χ3v) is 0. The fourth-order valence-corrected chi connectivity index (χ4v) is 0. The van der Waals surface area contributed by atoms with Crippen LogP contribution in [-0.2, 0) is 0 Å². The van der Waals surface area contributed by atoms with E-state index in [1.807, 2.05) is 0 Å². The van der Waals surface area contributed by atoms with E-state index in [2.05, 4.69) is 5.59 Å². The summed E-state index contributed by atoms with van der Waals surface area (Å²) < 4.78 is 0. The summed E-state index contributed by atoms with van der Waals surface area (Å²) in [5, 5.41) is 0. The molecule has 0 heterocycles. The SMILES string of the molecule is [Br-].[Br-].[NH2+]=O.[Na+]. The Morgan fingerprint density at radius 1 is 1.00 bits per heavy atom. The summed E-state index contributed by atoms with van der Waals surface area (Å²) in [7, 11) is 0. The van der Waals surface area contributed by atoms with E-state index in [0.717, 1.165) is 0 Å². The first kappa shape index (κ1) is 30.9. The van der Waals surface area contributed by atoms with E-state index in [9.17, 15) is 0 Å². The monoisotopic (exact) mass is 213 g/mol. The summed E-state index contributed by atoms with van der Waals surface area (Å²) >= 11 is 0. The molecule has 5 heteroatoms. The molecule has 2 N–H and O–H groups in total. The van der Waals surface area contributed by atoms with Crippen LogP contribution in [0, 0.1) is 4.91 Å². The van der Waals surface area contributed by atoms with Crippen molar-refractivity contribution in [1.82, 2.24) is 0 Å². The number of nitrogens with two attached hydrogens (primary N) is 1. The van der Waals surface area contributed by atoms with Crippen molar-refractivity contribution in [3.8, 4) is 0 Å². The van der Waals surface area contributed by atoms with Crippen molar-refractivity contribution in [3.63, 3.8) is 0 Å². The molecule has 0 bridgehead atoms. The van der Waals surface area contributed by atoms with Crippen molar-refractivity contribution in [2.45, 2.75) is 0 Å². The van der Waals surface area contributed by atoms with Gasteiger partial charge < -0.3 is 34.0 Å². The van der Waals surface area contributed by atoms with Crippen molar-refractivity contribution < 1.29 is 69.1 Å². The molecule has 0 amide bonds. The summed E-state index contributed by atoms with van der Waals surface area (Å²) in [5.41, 5.74) is 3.25. The van der Waals surface area contributed by atoms with Crippen LogP contribution < -0.4 is 69.1 Å². The summed E-state index contributed by atoms with van der Waals surface area (Å²) in [4.78, 5) is 7.75. The Balaban J connectivity index is -0.00000000167. The van der Waals surface area contributed by atoms with E-state index >= 15 is 0 Å². The molecule has 0 unspecified atom stereocenters. The van der Waals surface area contributed by atoms with Crippen LogP contribution in [0.5, 0.6) is 0 Å². The number of hydrogen-bond acceptors (Lipinski definition) is 1. The molecular weight excluding hydrogens is 213 g/mol.